The third-order valence-corrected chi connectivity index (χ3v) is 6.31. The van der Waals surface area contributed by atoms with Crippen molar-refractivity contribution in [2.45, 2.75) is 23.8 Å². The molecule has 2 heterocycles. The van der Waals surface area contributed by atoms with Gasteiger partial charge in [0.2, 0.25) is 11.1 Å². The minimum absolute atomic E-state index is 0.102. The fourth-order valence-corrected chi connectivity index (χ4v) is 4.48. The molecule has 2 aromatic heterocycles. The molecule has 0 spiro atoms. The van der Waals surface area contributed by atoms with Crippen molar-refractivity contribution in [1.82, 2.24) is 15.2 Å². The van der Waals surface area contributed by atoms with Crippen LogP contribution in [0.2, 0.25) is 0 Å². The van der Waals surface area contributed by atoms with Crippen LogP contribution in [0, 0.1) is 6.92 Å². The van der Waals surface area contributed by atoms with Crippen molar-refractivity contribution in [2.24, 2.45) is 0 Å². The van der Waals surface area contributed by atoms with Gasteiger partial charge in [-0.25, -0.2) is 4.98 Å². The molecule has 2 N–H and O–H groups in total. The molecular weight excluding hydrogens is 400 g/mol. The largest absolute Gasteiger partial charge is 0.325 e. The summed E-state index contributed by atoms with van der Waals surface area (Å²) in [6.07, 6.45) is 0.705. The Labute approximate surface area is 177 Å². The number of H-pyrrole nitrogens is 1. The summed E-state index contributed by atoms with van der Waals surface area (Å²) in [5, 5.41) is 12.5. The second-order valence-corrected chi connectivity index (χ2v) is 8.69. The minimum Gasteiger partial charge on any atom is -0.325 e. The fourth-order valence-electron chi connectivity index (χ4n) is 2.84. The maximum absolute atomic E-state index is 13.1. The van der Waals surface area contributed by atoms with Crippen LogP contribution in [0.5, 0.6) is 0 Å². The number of carbonyl (C=O) groups is 1. The number of thioether (sulfide) groups is 1. The molecule has 0 aliphatic heterocycles. The van der Waals surface area contributed by atoms with E-state index < -0.39 is 5.25 Å². The van der Waals surface area contributed by atoms with Gasteiger partial charge in [-0.05, 0) is 36.1 Å². The molecule has 0 fully saturated rings. The molecule has 0 aliphatic carbocycles. The van der Waals surface area contributed by atoms with Crippen molar-refractivity contribution in [1.29, 1.82) is 0 Å². The number of thiophene rings is 1. The Morgan fingerprint density at radius 3 is 2.62 bits per heavy atom. The van der Waals surface area contributed by atoms with Crippen LogP contribution >= 0.6 is 23.1 Å². The molecule has 29 heavy (non-hydrogen) atoms. The second kappa shape index (κ2) is 9.07. The number of nitrogens with zero attached hydrogens (tertiary/aromatic N) is 2. The Kier molecular flexibility index (Phi) is 6.07. The van der Waals surface area contributed by atoms with Crippen molar-refractivity contribution < 1.29 is 4.79 Å². The van der Waals surface area contributed by atoms with E-state index in [2.05, 4.69) is 26.6 Å². The van der Waals surface area contributed by atoms with Gasteiger partial charge in [0, 0.05) is 17.0 Å². The predicted octanol–water partition coefficient (Wildman–Crippen LogP) is 5.24. The lowest BCUT2D eigenvalue weighted by atomic mass is 10.1. The monoisotopic (exact) mass is 420 g/mol. The van der Waals surface area contributed by atoms with E-state index in [-0.39, 0.29) is 5.91 Å². The summed E-state index contributed by atoms with van der Waals surface area (Å²) >= 11 is 3.03. The van der Waals surface area contributed by atoms with Gasteiger partial charge in [0.1, 0.15) is 11.1 Å². The highest BCUT2D eigenvalue weighted by molar-refractivity contribution is 8.00. The number of aryl methyl sites for hydroxylation is 1. The van der Waals surface area contributed by atoms with Crippen LogP contribution in [0.4, 0.5) is 5.69 Å². The van der Waals surface area contributed by atoms with E-state index in [1.165, 1.54) is 16.6 Å². The molecule has 1 unspecified atom stereocenters. The zero-order chi connectivity index (χ0) is 20.1. The van der Waals surface area contributed by atoms with E-state index >= 15 is 0 Å². The molecule has 5 nitrogen and oxygen atoms in total. The molecule has 0 bridgehead atoms. The lowest BCUT2D eigenvalue weighted by Crippen LogP contribution is -2.19. The predicted molar refractivity (Wildman–Crippen MR) is 118 cm³/mol. The minimum atomic E-state index is -0.456. The topological polar surface area (TPSA) is 70.7 Å². The third kappa shape index (κ3) is 5.13. The number of benzene rings is 2. The summed E-state index contributed by atoms with van der Waals surface area (Å²) in [5.41, 5.74) is 2.83. The van der Waals surface area contributed by atoms with Gasteiger partial charge in [-0.1, -0.05) is 65.9 Å². The van der Waals surface area contributed by atoms with Gasteiger partial charge in [-0.15, -0.1) is 16.4 Å². The second-order valence-electron chi connectivity index (χ2n) is 6.58. The standard InChI is InChI=1S/C22H20N4OS2/c1-15-9-11-17(12-10-15)23-21(27)20(16-6-3-2-4-7-16)29-22-24-19(25-26-22)14-18-8-5-13-28-18/h2-13,20H,14H2,1H3,(H,23,27)(H,24,25,26). The molecule has 2 aromatic carbocycles. The first-order valence-corrected chi connectivity index (χ1v) is 11.0. The van der Waals surface area contributed by atoms with Crippen LogP contribution < -0.4 is 5.32 Å². The number of rotatable bonds is 7. The number of carbonyl (C=O) groups excluding carboxylic acids is 1. The van der Waals surface area contributed by atoms with Crippen LogP contribution in [-0.4, -0.2) is 21.1 Å². The lowest BCUT2D eigenvalue weighted by Gasteiger charge is -2.15. The smallest absolute Gasteiger partial charge is 0.242 e. The van der Waals surface area contributed by atoms with Crippen LogP contribution in [0.25, 0.3) is 0 Å². The van der Waals surface area contributed by atoms with Crippen molar-refractivity contribution in [2.75, 3.05) is 5.32 Å². The number of aromatic amines is 1. The Bertz CT molecular complexity index is 1060. The highest BCUT2D eigenvalue weighted by atomic mass is 32.2. The third-order valence-electron chi connectivity index (χ3n) is 4.32. The number of hydrogen-bond acceptors (Lipinski definition) is 5. The molecule has 7 heteroatoms. The SMILES string of the molecule is Cc1ccc(NC(=O)C(Sc2n[nH]c(Cc3cccs3)n2)c2ccccc2)cc1. The Morgan fingerprint density at radius 1 is 1.10 bits per heavy atom. The van der Waals surface area contributed by atoms with E-state index in [1.807, 2.05) is 73.0 Å². The van der Waals surface area contributed by atoms with Crippen LogP contribution in [0.1, 0.15) is 27.1 Å². The van der Waals surface area contributed by atoms with Gasteiger partial charge in [-0.3, -0.25) is 9.89 Å². The summed E-state index contributed by atoms with van der Waals surface area (Å²) in [4.78, 5) is 18.9. The zero-order valence-corrected chi connectivity index (χ0v) is 17.5. The number of aromatic nitrogens is 3. The molecular formula is C22H20N4OS2. The van der Waals surface area contributed by atoms with Gasteiger partial charge in [0.25, 0.3) is 0 Å². The first kappa shape index (κ1) is 19.4. The van der Waals surface area contributed by atoms with Gasteiger partial charge in [-0.2, -0.15) is 0 Å². The molecule has 4 rings (SSSR count). The molecule has 0 aliphatic rings. The Hall–Kier alpha value is -2.90. The number of hydrogen-bond donors (Lipinski definition) is 2. The van der Waals surface area contributed by atoms with E-state index in [0.29, 0.717) is 11.6 Å². The molecule has 0 saturated carbocycles. The number of nitrogens with one attached hydrogen (secondary N) is 2. The quantitative estimate of drug-likeness (QED) is 0.401. The van der Waals surface area contributed by atoms with Crippen molar-refractivity contribution in [3.63, 3.8) is 0 Å². The number of amides is 1. The van der Waals surface area contributed by atoms with Crippen LogP contribution in [-0.2, 0) is 11.2 Å². The highest BCUT2D eigenvalue weighted by Crippen LogP contribution is 2.34. The molecule has 0 saturated heterocycles. The summed E-state index contributed by atoms with van der Waals surface area (Å²) in [7, 11) is 0. The summed E-state index contributed by atoms with van der Waals surface area (Å²) < 4.78 is 0. The molecule has 4 aromatic rings. The first-order chi connectivity index (χ1) is 14.2. The van der Waals surface area contributed by atoms with Crippen LogP contribution in [0.3, 0.4) is 0 Å². The van der Waals surface area contributed by atoms with Gasteiger partial charge in [0.15, 0.2) is 0 Å². The lowest BCUT2D eigenvalue weighted by molar-refractivity contribution is -0.115. The van der Waals surface area contributed by atoms with Crippen molar-refractivity contribution >= 4 is 34.7 Å². The van der Waals surface area contributed by atoms with E-state index in [4.69, 9.17) is 0 Å². The molecule has 0 radical (unpaired) electrons. The van der Waals surface area contributed by atoms with Gasteiger partial charge in [0.05, 0.1) is 0 Å². The highest BCUT2D eigenvalue weighted by Gasteiger charge is 2.24. The average molecular weight is 421 g/mol. The van der Waals surface area contributed by atoms with E-state index in [0.717, 1.165) is 22.6 Å². The summed E-state index contributed by atoms with van der Waals surface area (Å²) in [6, 6.07) is 21.6. The zero-order valence-electron chi connectivity index (χ0n) is 15.8. The molecule has 1 atom stereocenters. The molecule has 1 amide bonds. The van der Waals surface area contributed by atoms with Crippen LogP contribution in [0.15, 0.2) is 77.3 Å². The van der Waals surface area contributed by atoms with Gasteiger partial charge >= 0.3 is 0 Å². The summed E-state index contributed by atoms with van der Waals surface area (Å²) in [5.74, 6) is 0.690. The normalized spacial score (nSPS) is 11.9. The maximum atomic E-state index is 13.1. The molecule has 146 valence electrons. The van der Waals surface area contributed by atoms with Crippen molar-refractivity contribution in [3.05, 3.63) is 93.9 Å². The van der Waals surface area contributed by atoms with Crippen molar-refractivity contribution in [3.8, 4) is 0 Å². The fraction of sp³-hybridized carbons (Fsp3) is 0.136. The Morgan fingerprint density at radius 2 is 1.90 bits per heavy atom. The summed E-state index contributed by atoms with van der Waals surface area (Å²) in [6.45, 7) is 2.02. The number of anilines is 1. The van der Waals surface area contributed by atoms with Gasteiger partial charge < -0.3 is 5.32 Å². The van der Waals surface area contributed by atoms with E-state index in [1.54, 1.807) is 11.3 Å². The average Bonchev–Trinajstić information content (AvgIpc) is 3.41. The maximum Gasteiger partial charge on any atom is 0.242 e. The Balaban J connectivity index is 1.52. The van der Waals surface area contributed by atoms with E-state index in [9.17, 15) is 4.79 Å². The first-order valence-electron chi connectivity index (χ1n) is 9.20.